The van der Waals surface area contributed by atoms with Gasteiger partial charge in [-0.1, -0.05) is 65.3 Å². The van der Waals surface area contributed by atoms with E-state index in [9.17, 15) is 4.79 Å². The summed E-state index contributed by atoms with van der Waals surface area (Å²) in [6.07, 6.45) is 2.59. The lowest BCUT2D eigenvalue weighted by atomic mass is 10.1. The van der Waals surface area contributed by atoms with Crippen molar-refractivity contribution in [3.05, 3.63) is 64.1 Å². The molecule has 1 heterocycles. The fourth-order valence-electron chi connectivity index (χ4n) is 2.30. The molecule has 0 atom stereocenters. The van der Waals surface area contributed by atoms with E-state index in [-0.39, 0.29) is 0 Å². The largest absolute Gasteiger partial charge is 0.338 e. The van der Waals surface area contributed by atoms with Crippen molar-refractivity contribution in [2.24, 2.45) is 0 Å². The van der Waals surface area contributed by atoms with Gasteiger partial charge < -0.3 is 5.32 Å². The molecule has 126 valence electrons. The Morgan fingerprint density at radius 2 is 1.68 bits per heavy atom. The van der Waals surface area contributed by atoms with Crippen LogP contribution in [0.15, 0.2) is 53.7 Å². The molecule has 7 heteroatoms. The lowest BCUT2D eigenvalue weighted by Gasteiger charge is -2.14. The topological polar surface area (TPSA) is 54.9 Å². The third kappa shape index (κ3) is 3.79. The van der Waals surface area contributed by atoms with Crippen molar-refractivity contribution < 1.29 is 4.79 Å². The normalized spacial score (nSPS) is 10.5. The second kappa shape index (κ2) is 7.87. The summed E-state index contributed by atoms with van der Waals surface area (Å²) >= 11 is 13.9. The number of thioether (sulfide) groups is 1. The average molecular weight is 390 g/mol. The molecule has 0 aliphatic rings. The van der Waals surface area contributed by atoms with E-state index in [1.807, 2.05) is 42.7 Å². The lowest BCUT2D eigenvalue weighted by molar-refractivity contribution is 0.112. The number of rotatable bonds is 5. The Kier molecular flexibility index (Phi) is 5.58. The number of anilines is 2. The van der Waals surface area contributed by atoms with Gasteiger partial charge >= 0.3 is 0 Å². The van der Waals surface area contributed by atoms with Crippen molar-refractivity contribution in [1.82, 2.24) is 9.97 Å². The van der Waals surface area contributed by atoms with E-state index in [2.05, 4.69) is 15.3 Å². The van der Waals surface area contributed by atoms with Gasteiger partial charge in [-0.05, 0) is 24.5 Å². The molecule has 1 N–H and O–H groups in total. The molecule has 0 saturated heterocycles. The van der Waals surface area contributed by atoms with E-state index in [0.717, 1.165) is 6.29 Å². The first kappa shape index (κ1) is 17.7. The molecule has 0 amide bonds. The van der Waals surface area contributed by atoms with Crippen LogP contribution in [0.4, 0.5) is 11.5 Å². The summed E-state index contributed by atoms with van der Waals surface area (Å²) in [5.74, 6) is 0.386. The molecule has 0 unspecified atom stereocenters. The van der Waals surface area contributed by atoms with Crippen LogP contribution in [0.3, 0.4) is 0 Å². The SMILES string of the molecule is CSc1nc(Nc2ccccc2Cl)c(C=O)c(-c2ccccc2Cl)n1. The van der Waals surface area contributed by atoms with E-state index < -0.39 is 0 Å². The molecule has 1 aromatic heterocycles. The highest BCUT2D eigenvalue weighted by Gasteiger charge is 2.18. The monoisotopic (exact) mass is 389 g/mol. The average Bonchev–Trinajstić information content (AvgIpc) is 2.63. The number of carbonyl (C=O) groups excluding carboxylic acids is 1. The van der Waals surface area contributed by atoms with Gasteiger partial charge in [-0.25, -0.2) is 9.97 Å². The molecule has 4 nitrogen and oxygen atoms in total. The fourth-order valence-corrected chi connectivity index (χ4v) is 3.07. The zero-order chi connectivity index (χ0) is 17.8. The maximum absolute atomic E-state index is 11.8. The Labute approximate surface area is 159 Å². The molecule has 25 heavy (non-hydrogen) atoms. The minimum atomic E-state index is 0.325. The number of aromatic nitrogens is 2. The highest BCUT2D eigenvalue weighted by atomic mass is 35.5. The second-order valence-corrected chi connectivity index (χ2v) is 6.61. The predicted octanol–water partition coefficient (Wildman–Crippen LogP) is 5.73. The van der Waals surface area contributed by atoms with Crippen LogP contribution in [0.25, 0.3) is 11.3 Å². The number of carbonyl (C=O) groups is 1. The van der Waals surface area contributed by atoms with E-state index in [1.165, 1.54) is 11.8 Å². The van der Waals surface area contributed by atoms with E-state index in [0.29, 0.717) is 43.5 Å². The summed E-state index contributed by atoms with van der Waals surface area (Å²) in [5.41, 5.74) is 2.13. The maximum atomic E-state index is 11.8. The van der Waals surface area contributed by atoms with Gasteiger partial charge in [-0.2, -0.15) is 0 Å². The highest BCUT2D eigenvalue weighted by molar-refractivity contribution is 7.98. The van der Waals surface area contributed by atoms with Crippen molar-refractivity contribution >= 4 is 52.8 Å². The number of para-hydroxylation sites is 1. The summed E-state index contributed by atoms with van der Waals surface area (Å²) in [4.78, 5) is 20.7. The first-order chi connectivity index (χ1) is 12.1. The summed E-state index contributed by atoms with van der Waals surface area (Å²) in [5, 5.41) is 4.69. The van der Waals surface area contributed by atoms with E-state index in [4.69, 9.17) is 23.2 Å². The Balaban J connectivity index is 2.19. The van der Waals surface area contributed by atoms with Gasteiger partial charge in [0.05, 0.1) is 22.0 Å². The number of hydrogen-bond donors (Lipinski definition) is 1. The van der Waals surface area contributed by atoms with Crippen molar-refractivity contribution in [1.29, 1.82) is 0 Å². The highest BCUT2D eigenvalue weighted by Crippen LogP contribution is 2.34. The van der Waals surface area contributed by atoms with Crippen LogP contribution in [0.1, 0.15) is 10.4 Å². The van der Waals surface area contributed by atoms with Crippen LogP contribution in [0, 0.1) is 0 Å². The zero-order valence-corrected chi connectivity index (χ0v) is 15.5. The quantitative estimate of drug-likeness (QED) is 0.343. The number of aldehydes is 1. The number of nitrogens with zero attached hydrogens (tertiary/aromatic N) is 2. The maximum Gasteiger partial charge on any atom is 0.189 e. The van der Waals surface area contributed by atoms with E-state index >= 15 is 0 Å². The summed E-state index contributed by atoms with van der Waals surface area (Å²) in [6.45, 7) is 0. The summed E-state index contributed by atoms with van der Waals surface area (Å²) in [6, 6.07) is 14.5. The van der Waals surface area contributed by atoms with Gasteiger partial charge in [0.2, 0.25) is 0 Å². The van der Waals surface area contributed by atoms with Crippen LogP contribution in [0.5, 0.6) is 0 Å². The van der Waals surface area contributed by atoms with Crippen molar-refractivity contribution in [3.63, 3.8) is 0 Å². The van der Waals surface area contributed by atoms with Crippen LogP contribution in [0.2, 0.25) is 10.0 Å². The molecule has 3 aromatic rings. The van der Waals surface area contributed by atoms with Gasteiger partial charge in [-0.3, -0.25) is 4.79 Å². The van der Waals surface area contributed by atoms with Crippen LogP contribution in [-0.4, -0.2) is 22.5 Å². The van der Waals surface area contributed by atoms with Crippen molar-refractivity contribution in [2.45, 2.75) is 5.16 Å². The Morgan fingerprint density at radius 1 is 1.00 bits per heavy atom. The predicted molar refractivity (Wildman–Crippen MR) is 104 cm³/mol. The molecule has 0 saturated carbocycles. The Bertz CT molecular complexity index is 934. The van der Waals surface area contributed by atoms with Crippen LogP contribution in [-0.2, 0) is 0 Å². The van der Waals surface area contributed by atoms with Gasteiger partial charge in [0.25, 0.3) is 0 Å². The molecule has 0 fully saturated rings. The molecule has 0 spiro atoms. The molecular weight excluding hydrogens is 377 g/mol. The van der Waals surface area contributed by atoms with Gasteiger partial charge in [0, 0.05) is 10.6 Å². The standard InChI is InChI=1S/C18H13Cl2N3OS/c1-25-18-22-16(11-6-2-3-7-13(11)19)12(10-24)17(23-18)21-15-9-5-4-8-14(15)20/h2-10H,1H3,(H,21,22,23). The molecule has 0 radical (unpaired) electrons. The molecule has 2 aromatic carbocycles. The summed E-state index contributed by atoms with van der Waals surface area (Å²) in [7, 11) is 0. The smallest absolute Gasteiger partial charge is 0.189 e. The fraction of sp³-hybridized carbons (Fsp3) is 0.0556. The Hall–Kier alpha value is -2.08. The molecule has 0 aliphatic carbocycles. The van der Waals surface area contributed by atoms with Crippen molar-refractivity contribution in [3.8, 4) is 11.3 Å². The van der Waals surface area contributed by atoms with E-state index in [1.54, 1.807) is 12.1 Å². The number of halogens is 2. The first-order valence-corrected chi connectivity index (χ1v) is 9.29. The molecule has 3 rings (SSSR count). The first-order valence-electron chi connectivity index (χ1n) is 7.31. The lowest BCUT2D eigenvalue weighted by Crippen LogP contribution is -2.05. The molecule has 0 aliphatic heterocycles. The number of benzene rings is 2. The minimum Gasteiger partial charge on any atom is -0.338 e. The summed E-state index contributed by atoms with van der Waals surface area (Å²) < 4.78 is 0. The van der Waals surface area contributed by atoms with Crippen LogP contribution >= 0.6 is 35.0 Å². The van der Waals surface area contributed by atoms with Gasteiger partial charge in [-0.15, -0.1) is 0 Å². The third-order valence-corrected chi connectivity index (χ3v) is 4.69. The van der Waals surface area contributed by atoms with Gasteiger partial charge in [0.1, 0.15) is 5.82 Å². The molecular formula is C18H13Cl2N3OS. The molecule has 0 bridgehead atoms. The number of hydrogen-bond acceptors (Lipinski definition) is 5. The Morgan fingerprint density at radius 3 is 2.32 bits per heavy atom. The van der Waals surface area contributed by atoms with Gasteiger partial charge in [0.15, 0.2) is 11.4 Å². The minimum absolute atomic E-state index is 0.325. The van der Waals surface area contributed by atoms with Crippen LogP contribution < -0.4 is 5.32 Å². The number of nitrogens with one attached hydrogen (secondary N) is 1. The second-order valence-electron chi connectivity index (χ2n) is 5.02. The zero-order valence-electron chi connectivity index (χ0n) is 13.2. The third-order valence-electron chi connectivity index (χ3n) is 3.48. The van der Waals surface area contributed by atoms with Crippen molar-refractivity contribution in [2.75, 3.05) is 11.6 Å².